The van der Waals surface area contributed by atoms with Crippen molar-refractivity contribution in [1.29, 1.82) is 0 Å². The van der Waals surface area contributed by atoms with Crippen LogP contribution in [0, 0.1) is 0 Å². The zero-order chi connectivity index (χ0) is 19.6. The first-order valence-electron chi connectivity index (χ1n) is 8.24. The number of nitrogens with one attached hydrogen (secondary N) is 1. The molecule has 0 saturated heterocycles. The van der Waals surface area contributed by atoms with Crippen LogP contribution in [-0.4, -0.2) is 16.7 Å². The maximum Gasteiger partial charge on any atom is 0.412 e. The van der Waals surface area contributed by atoms with Crippen LogP contribution in [0.1, 0.15) is 20.8 Å². The summed E-state index contributed by atoms with van der Waals surface area (Å²) in [6, 6.07) is 12.3. The van der Waals surface area contributed by atoms with Crippen LogP contribution in [0.5, 0.6) is 11.5 Å². The number of aromatic nitrogens is 1. The van der Waals surface area contributed by atoms with Crippen molar-refractivity contribution >= 4 is 45.9 Å². The second kappa shape index (κ2) is 7.62. The van der Waals surface area contributed by atoms with Gasteiger partial charge in [-0.25, -0.2) is 4.79 Å². The van der Waals surface area contributed by atoms with Gasteiger partial charge in [0.05, 0.1) is 16.2 Å². The molecule has 0 aliphatic rings. The zero-order valence-corrected chi connectivity index (χ0v) is 16.6. The average molecular weight is 405 g/mol. The highest BCUT2D eigenvalue weighted by Gasteiger charge is 2.18. The minimum absolute atomic E-state index is 0.260. The molecule has 27 heavy (non-hydrogen) atoms. The second-order valence-electron chi connectivity index (χ2n) is 6.79. The zero-order valence-electron chi connectivity index (χ0n) is 15.0. The molecule has 1 N–H and O–H groups in total. The van der Waals surface area contributed by atoms with E-state index in [0.29, 0.717) is 27.7 Å². The van der Waals surface area contributed by atoms with E-state index in [1.165, 1.54) is 0 Å². The van der Waals surface area contributed by atoms with Crippen molar-refractivity contribution in [3.8, 4) is 11.5 Å². The van der Waals surface area contributed by atoms with E-state index in [1.807, 2.05) is 12.1 Å². The first-order valence-corrected chi connectivity index (χ1v) is 9.00. The van der Waals surface area contributed by atoms with Crippen molar-refractivity contribution in [1.82, 2.24) is 4.98 Å². The number of nitrogens with zero attached hydrogens (tertiary/aromatic N) is 1. The number of pyridine rings is 1. The van der Waals surface area contributed by atoms with E-state index in [1.54, 1.807) is 57.3 Å². The summed E-state index contributed by atoms with van der Waals surface area (Å²) in [7, 11) is 0. The first-order chi connectivity index (χ1) is 12.7. The molecule has 0 radical (unpaired) electrons. The van der Waals surface area contributed by atoms with Crippen molar-refractivity contribution < 1.29 is 14.3 Å². The Balaban J connectivity index is 1.89. The minimum atomic E-state index is -0.611. The number of fused-ring (bicyclic) bond motifs is 1. The standard InChI is InChI=1S/C20H18Cl2N2O3/c1-20(2,3)27-19(25)24-14-8-5-9-16(17(14)22)26-15-10-11-23-18-12(15)6-4-7-13(18)21/h4-11H,1-3H3,(H,24,25). The highest BCUT2D eigenvalue weighted by Crippen LogP contribution is 2.38. The molecular formula is C20H18Cl2N2O3. The summed E-state index contributed by atoms with van der Waals surface area (Å²) in [6.07, 6.45) is 1.02. The van der Waals surface area contributed by atoms with Gasteiger partial charge in [0.2, 0.25) is 0 Å². The molecule has 1 aromatic heterocycles. The van der Waals surface area contributed by atoms with Gasteiger partial charge in [0.15, 0.2) is 0 Å². The van der Waals surface area contributed by atoms with Gasteiger partial charge < -0.3 is 9.47 Å². The smallest absolute Gasteiger partial charge is 0.412 e. The third-order valence-corrected chi connectivity index (χ3v) is 4.20. The van der Waals surface area contributed by atoms with E-state index in [4.69, 9.17) is 32.7 Å². The van der Waals surface area contributed by atoms with Gasteiger partial charge in [-0.05, 0) is 51.1 Å². The molecule has 2 aromatic carbocycles. The number of carbonyl (C=O) groups excluding carboxylic acids is 1. The summed E-state index contributed by atoms with van der Waals surface area (Å²) in [5, 5.41) is 4.18. The van der Waals surface area contributed by atoms with Crippen molar-refractivity contribution in [2.24, 2.45) is 0 Å². The SMILES string of the molecule is CC(C)(C)OC(=O)Nc1cccc(Oc2ccnc3c(Cl)cccc23)c1Cl. The molecule has 0 unspecified atom stereocenters. The molecule has 0 atom stereocenters. The van der Waals surface area contributed by atoms with Crippen LogP contribution in [0.25, 0.3) is 10.9 Å². The summed E-state index contributed by atoms with van der Waals surface area (Å²) in [5.74, 6) is 0.941. The number of carbonyl (C=O) groups is 1. The van der Waals surface area contributed by atoms with Crippen molar-refractivity contribution in [3.63, 3.8) is 0 Å². The van der Waals surface area contributed by atoms with Gasteiger partial charge in [0, 0.05) is 11.6 Å². The number of hydrogen-bond donors (Lipinski definition) is 1. The Labute approximate surface area is 167 Å². The minimum Gasteiger partial charge on any atom is -0.455 e. The molecular weight excluding hydrogens is 387 g/mol. The molecule has 0 aliphatic carbocycles. The van der Waals surface area contributed by atoms with Crippen LogP contribution >= 0.6 is 23.2 Å². The predicted octanol–water partition coefficient (Wildman–Crippen LogP) is 6.68. The van der Waals surface area contributed by atoms with Crippen LogP contribution in [0.3, 0.4) is 0 Å². The van der Waals surface area contributed by atoms with Crippen LogP contribution < -0.4 is 10.1 Å². The molecule has 5 nitrogen and oxygen atoms in total. The number of rotatable bonds is 3. The molecule has 3 aromatic rings. The maximum atomic E-state index is 12.0. The molecule has 0 fully saturated rings. The fourth-order valence-corrected chi connectivity index (χ4v) is 2.86. The second-order valence-corrected chi connectivity index (χ2v) is 7.58. The summed E-state index contributed by atoms with van der Waals surface area (Å²) < 4.78 is 11.2. The molecule has 1 amide bonds. The van der Waals surface area contributed by atoms with Gasteiger partial charge in [-0.3, -0.25) is 10.3 Å². The number of halogens is 2. The van der Waals surface area contributed by atoms with Crippen molar-refractivity contribution in [3.05, 3.63) is 58.7 Å². The number of benzene rings is 2. The average Bonchev–Trinajstić information content (AvgIpc) is 2.58. The summed E-state index contributed by atoms with van der Waals surface area (Å²) in [4.78, 5) is 16.3. The number of anilines is 1. The Kier molecular flexibility index (Phi) is 5.44. The predicted molar refractivity (Wildman–Crippen MR) is 108 cm³/mol. The lowest BCUT2D eigenvalue weighted by Gasteiger charge is -2.20. The Hall–Kier alpha value is -2.50. The summed E-state index contributed by atoms with van der Waals surface area (Å²) in [5.41, 5.74) is 0.413. The number of ether oxygens (including phenoxy) is 2. The fourth-order valence-electron chi connectivity index (χ4n) is 2.42. The van der Waals surface area contributed by atoms with Crippen LogP contribution in [0.2, 0.25) is 10.0 Å². The topological polar surface area (TPSA) is 60.5 Å². The summed E-state index contributed by atoms with van der Waals surface area (Å²) in [6.45, 7) is 5.36. The molecule has 7 heteroatoms. The van der Waals surface area contributed by atoms with Gasteiger partial charge in [0.25, 0.3) is 0 Å². The van der Waals surface area contributed by atoms with Crippen LogP contribution in [-0.2, 0) is 4.74 Å². The first kappa shape index (κ1) is 19.3. The van der Waals surface area contributed by atoms with Gasteiger partial charge in [-0.2, -0.15) is 0 Å². The normalized spacial score (nSPS) is 11.3. The lowest BCUT2D eigenvalue weighted by Crippen LogP contribution is -2.27. The Bertz CT molecular complexity index is 1000. The molecule has 0 aliphatic heterocycles. The van der Waals surface area contributed by atoms with E-state index < -0.39 is 11.7 Å². The maximum absolute atomic E-state index is 12.0. The lowest BCUT2D eigenvalue weighted by molar-refractivity contribution is 0.0636. The number of amides is 1. The fraction of sp³-hybridized carbons (Fsp3) is 0.200. The highest BCUT2D eigenvalue weighted by molar-refractivity contribution is 6.35. The molecule has 0 saturated carbocycles. The van der Waals surface area contributed by atoms with Gasteiger partial charge in [-0.1, -0.05) is 35.3 Å². The molecule has 140 valence electrons. The molecule has 0 bridgehead atoms. The van der Waals surface area contributed by atoms with E-state index in [0.717, 1.165) is 5.39 Å². The van der Waals surface area contributed by atoms with E-state index >= 15 is 0 Å². The highest BCUT2D eigenvalue weighted by atomic mass is 35.5. The van der Waals surface area contributed by atoms with Crippen molar-refractivity contribution in [2.45, 2.75) is 26.4 Å². The van der Waals surface area contributed by atoms with Crippen molar-refractivity contribution in [2.75, 3.05) is 5.32 Å². The third kappa shape index (κ3) is 4.62. The largest absolute Gasteiger partial charge is 0.455 e. The molecule has 0 spiro atoms. The molecule has 1 heterocycles. The number of hydrogen-bond acceptors (Lipinski definition) is 4. The lowest BCUT2D eigenvalue weighted by atomic mass is 10.2. The third-order valence-electron chi connectivity index (χ3n) is 3.50. The Morgan fingerprint density at radius 2 is 1.78 bits per heavy atom. The van der Waals surface area contributed by atoms with Gasteiger partial charge in [0.1, 0.15) is 22.1 Å². The quantitative estimate of drug-likeness (QED) is 0.528. The Morgan fingerprint density at radius 1 is 1.04 bits per heavy atom. The molecule has 3 rings (SSSR count). The van der Waals surface area contributed by atoms with E-state index in [2.05, 4.69) is 10.3 Å². The van der Waals surface area contributed by atoms with Gasteiger partial charge in [-0.15, -0.1) is 0 Å². The Morgan fingerprint density at radius 3 is 2.52 bits per heavy atom. The summed E-state index contributed by atoms with van der Waals surface area (Å²) >= 11 is 12.6. The van der Waals surface area contributed by atoms with E-state index in [9.17, 15) is 4.79 Å². The van der Waals surface area contributed by atoms with Crippen LogP contribution in [0.4, 0.5) is 10.5 Å². The van der Waals surface area contributed by atoms with Crippen LogP contribution in [0.15, 0.2) is 48.7 Å². The van der Waals surface area contributed by atoms with E-state index in [-0.39, 0.29) is 5.02 Å². The number of para-hydroxylation sites is 1. The monoisotopic (exact) mass is 404 g/mol. The van der Waals surface area contributed by atoms with Gasteiger partial charge >= 0.3 is 6.09 Å².